The lowest BCUT2D eigenvalue weighted by Crippen LogP contribution is -2.00. The van der Waals surface area contributed by atoms with Crippen molar-refractivity contribution in [3.63, 3.8) is 0 Å². The fourth-order valence-electron chi connectivity index (χ4n) is 2.46. The van der Waals surface area contributed by atoms with Crippen LogP contribution >= 0.6 is 49.6 Å². The van der Waals surface area contributed by atoms with Crippen LogP contribution in [-0.2, 0) is 0 Å². The Labute approximate surface area is 200 Å². The Hall–Kier alpha value is -2.38. The molecular weight excluding hydrogens is 470 g/mol. The number of benzene rings is 3. The Morgan fingerprint density at radius 3 is 1.23 bits per heavy atom. The Kier molecular flexibility index (Phi) is 12.3. The van der Waals surface area contributed by atoms with Gasteiger partial charge in [-0.3, -0.25) is 0 Å². The molecule has 0 aliphatic carbocycles. The minimum absolute atomic E-state index is 0. The summed E-state index contributed by atoms with van der Waals surface area (Å²) in [5.74, 6) is 2.11. The first kappa shape index (κ1) is 29.8. The van der Waals surface area contributed by atoms with E-state index in [-0.39, 0.29) is 49.6 Å². The van der Waals surface area contributed by atoms with Crippen LogP contribution in [0.2, 0.25) is 0 Å². The zero-order valence-corrected chi connectivity index (χ0v) is 19.6. The average Bonchev–Trinajstić information content (AvgIpc) is 2.58. The molecule has 0 unspecified atom stereocenters. The molecule has 3 aromatic carbocycles. The molecule has 0 aromatic heterocycles. The van der Waals surface area contributed by atoms with Gasteiger partial charge in [-0.2, -0.15) is 0 Å². The van der Waals surface area contributed by atoms with Crippen LogP contribution in [0.5, 0.6) is 23.0 Å². The van der Waals surface area contributed by atoms with Gasteiger partial charge in [0.1, 0.15) is 11.5 Å². The molecule has 0 saturated carbocycles. The van der Waals surface area contributed by atoms with Crippen molar-refractivity contribution >= 4 is 72.4 Å². The summed E-state index contributed by atoms with van der Waals surface area (Å²) in [6, 6.07) is 14.1. The standard InChI is InChI=1S/C20H22N4O2.4ClH/c1-11-3-5-13(21)7-17(11)25-19-10-20(16(24)9-15(19)23)26-18-8-14(22)6-4-12(18)2;;;;/h3-10H,21-24H2,1-2H3;4*1H. The van der Waals surface area contributed by atoms with E-state index >= 15 is 0 Å². The topological polar surface area (TPSA) is 123 Å². The first-order valence-electron chi connectivity index (χ1n) is 8.10. The molecule has 8 N–H and O–H groups in total. The SMILES string of the molecule is Cc1ccc(N)cc1Oc1cc(Oc2cc(N)ccc2C)c(N)cc1N.Cl.Cl.Cl.Cl. The highest BCUT2D eigenvalue weighted by molar-refractivity contribution is 5.86. The second kappa shape index (κ2) is 12.3. The molecule has 0 heterocycles. The van der Waals surface area contributed by atoms with Gasteiger partial charge in [0.15, 0.2) is 11.5 Å². The Balaban J connectivity index is 0. The first-order valence-corrected chi connectivity index (χ1v) is 8.10. The highest BCUT2D eigenvalue weighted by atomic mass is 35.5. The van der Waals surface area contributed by atoms with Crippen LogP contribution in [0.15, 0.2) is 48.5 Å². The molecule has 0 amide bonds. The van der Waals surface area contributed by atoms with Crippen molar-refractivity contribution in [3.8, 4) is 23.0 Å². The van der Waals surface area contributed by atoms with E-state index in [0.717, 1.165) is 11.1 Å². The summed E-state index contributed by atoms with van der Waals surface area (Å²) in [7, 11) is 0. The van der Waals surface area contributed by atoms with E-state index in [9.17, 15) is 0 Å². The maximum atomic E-state index is 6.06. The molecule has 3 aromatic rings. The minimum Gasteiger partial charge on any atom is -0.455 e. The van der Waals surface area contributed by atoms with Gasteiger partial charge >= 0.3 is 0 Å². The monoisotopic (exact) mass is 494 g/mol. The van der Waals surface area contributed by atoms with Gasteiger partial charge < -0.3 is 32.4 Å². The van der Waals surface area contributed by atoms with E-state index in [1.54, 1.807) is 24.3 Å². The summed E-state index contributed by atoms with van der Waals surface area (Å²) >= 11 is 0. The van der Waals surface area contributed by atoms with Gasteiger partial charge in [-0.1, -0.05) is 12.1 Å². The Morgan fingerprint density at radius 1 is 0.500 bits per heavy atom. The van der Waals surface area contributed by atoms with Gasteiger partial charge in [0, 0.05) is 29.6 Å². The zero-order chi connectivity index (χ0) is 18.8. The van der Waals surface area contributed by atoms with Gasteiger partial charge in [0.2, 0.25) is 0 Å². The number of ether oxygens (including phenoxy) is 2. The molecule has 30 heavy (non-hydrogen) atoms. The summed E-state index contributed by atoms with van der Waals surface area (Å²) in [5.41, 5.74) is 27.7. The fourth-order valence-corrected chi connectivity index (χ4v) is 2.46. The van der Waals surface area contributed by atoms with Gasteiger partial charge in [-0.15, -0.1) is 49.6 Å². The Morgan fingerprint density at radius 2 is 0.867 bits per heavy atom. The highest BCUT2D eigenvalue weighted by Crippen LogP contribution is 2.39. The van der Waals surface area contributed by atoms with Crippen LogP contribution < -0.4 is 32.4 Å². The third-order valence-electron chi connectivity index (χ3n) is 4.01. The van der Waals surface area contributed by atoms with E-state index in [4.69, 9.17) is 32.4 Å². The molecule has 166 valence electrons. The Bertz CT molecular complexity index is 913. The average molecular weight is 496 g/mol. The molecule has 6 nitrogen and oxygen atoms in total. The van der Waals surface area contributed by atoms with E-state index in [0.29, 0.717) is 45.7 Å². The summed E-state index contributed by atoms with van der Waals surface area (Å²) in [6.45, 7) is 3.85. The lowest BCUT2D eigenvalue weighted by molar-refractivity contribution is 0.460. The van der Waals surface area contributed by atoms with E-state index < -0.39 is 0 Å². The van der Waals surface area contributed by atoms with E-state index in [2.05, 4.69) is 0 Å². The summed E-state index contributed by atoms with van der Waals surface area (Å²) in [6.07, 6.45) is 0. The smallest absolute Gasteiger partial charge is 0.154 e. The maximum Gasteiger partial charge on any atom is 0.154 e. The van der Waals surface area contributed by atoms with Crippen molar-refractivity contribution in [1.82, 2.24) is 0 Å². The maximum absolute atomic E-state index is 6.06. The van der Waals surface area contributed by atoms with Crippen LogP contribution in [0.3, 0.4) is 0 Å². The number of rotatable bonds is 4. The number of anilines is 4. The third kappa shape index (κ3) is 6.85. The highest BCUT2D eigenvalue weighted by Gasteiger charge is 2.13. The van der Waals surface area contributed by atoms with Crippen molar-refractivity contribution in [3.05, 3.63) is 59.7 Å². The van der Waals surface area contributed by atoms with Crippen LogP contribution in [0, 0.1) is 13.8 Å². The molecule has 0 spiro atoms. The van der Waals surface area contributed by atoms with E-state index in [1.165, 1.54) is 0 Å². The largest absolute Gasteiger partial charge is 0.455 e. The predicted molar refractivity (Wildman–Crippen MR) is 136 cm³/mol. The van der Waals surface area contributed by atoms with Crippen LogP contribution in [0.25, 0.3) is 0 Å². The number of hydrogen-bond acceptors (Lipinski definition) is 6. The molecule has 0 aliphatic heterocycles. The quantitative estimate of drug-likeness (QED) is 0.334. The second-order valence-corrected chi connectivity index (χ2v) is 6.18. The number of nitrogen functional groups attached to an aromatic ring is 4. The minimum atomic E-state index is 0. The molecule has 0 atom stereocenters. The number of halogens is 4. The second-order valence-electron chi connectivity index (χ2n) is 6.18. The number of nitrogens with two attached hydrogens (primary N) is 4. The third-order valence-corrected chi connectivity index (χ3v) is 4.01. The van der Waals surface area contributed by atoms with Crippen LogP contribution in [-0.4, -0.2) is 0 Å². The summed E-state index contributed by atoms with van der Waals surface area (Å²) < 4.78 is 11.9. The van der Waals surface area contributed by atoms with Gasteiger partial charge in [-0.05, 0) is 43.2 Å². The molecule has 0 saturated heterocycles. The van der Waals surface area contributed by atoms with Gasteiger partial charge in [-0.25, -0.2) is 0 Å². The lowest BCUT2D eigenvalue weighted by Gasteiger charge is -2.16. The molecular formula is C20H26Cl4N4O2. The van der Waals surface area contributed by atoms with Crippen LogP contribution in [0.4, 0.5) is 22.7 Å². The normalized spacial score (nSPS) is 9.13. The predicted octanol–water partition coefficient (Wildman–Crippen LogP) is 5.90. The van der Waals surface area contributed by atoms with Crippen molar-refractivity contribution in [2.24, 2.45) is 0 Å². The zero-order valence-electron chi connectivity index (χ0n) is 16.4. The summed E-state index contributed by atoms with van der Waals surface area (Å²) in [5, 5.41) is 0. The molecule has 0 fully saturated rings. The van der Waals surface area contributed by atoms with Crippen molar-refractivity contribution in [1.29, 1.82) is 0 Å². The first-order chi connectivity index (χ1) is 12.3. The lowest BCUT2D eigenvalue weighted by atomic mass is 10.2. The molecule has 0 radical (unpaired) electrons. The van der Waals surface area contributed by atoms with Gasteiger partial charge in [0.25, 0.3) is 0 Å². The van der Waals surface area contributed by atoms with Crippen molar-refractivity contribution in [2.75, 3.05) is 22.9 Å². The van der Waals surface area contributed by atoms with Crippen molar-refractivity contribution in [2.45, 2.75) is 13.8 Å². The summed E-state index contributed by atoms with van der Waals surface area (Å²) in [4.78, 5) is 0. The number of aryl methyl sites for hydroxylation is 2. The molecule has 10 heteroatoms. The van der Waals surface area contributed by atoms with E-state index in [1.807, 2.05) is 38.1 Å². The molecule has 0 bridgehead atoms. The number of hydrogen-bond donors (Lipinski definition) is 4. The fraction of sp³-hybridized carbons (Fsp3) is 0.100. The molecule has 3 rings (SSSR count). The van der Waals surface area contributed by atoms with Crippen molar-refractivity contribution < 1.29 is 9.47 Å². The van der Waals surface area contributed by atoms with Gasteiger partial charge in [0.05, 0.1) is 11.4 Å². The van der Waals surface area contributed by atoms with Crippen LogP contribution in [0.1, 0.15) is 11.1 Å². The molecule has 0 aliphatic rings.